The third-order valence-corrected chi connectivity index (χ3v) is 2.45. The standard InChI is InChI=1S/C9H11N3O2/c1-6-4-8(6)11-7-2-3-10-5-9(7)12(13)14/h2-3,5-6,8H,4H2,1H3,(H,10,11). The van der Waals surface area contributed by atoms with Gasteiger partial charge in [-0.3, -0.25) is 15.1 Å². The highest BCUT2D eigenvalue weighted by Crippen LogP contribution is 2.35. The lowest BCUT2D eigenvalue weighted by molar-refractivity contribution is -0.384. The Morgan fingerprint density at radius 3 is 3.00 bits per heavy atom. The van der Waals surface area contributed by atoms with Crippen molar-refractivity contribution in [2.45, 2.75) is 19.4 Å². The topological polar surface area (TPSA) is 68.1 Å². The molecule has 5 nitrogen and oxygen atoms in total. The Kier molecular flexibility index (Phi) is 2.07. The molecule has 14 heavy (non-hydrogen) atoms. The number of hydrogen-bond donors (Lipinski definition) is 1. The summed E-state index contributed by atoms with van der Waals surface area (Å²) in [5, 5.41) is 13.8. The van der Waals surface area contributed by atoms with Gasteiger partial charge in [-0.05, 0) is 18.4 Å². The number of nitro groups is 1. The van der Waals surface area contributed by atoms with Gasteiger partial charge in [0.25, 0.3) is 0 Å². The Balaban J connectivity index is 2.19. The highest BCUT2D eigenvalue weighted by Gasteiger charge is 2.33. The molecule has 2 rings (SSSR count). The Bertz CT molecular complexity index is 367. The van der Waals surface area contributed by atoms with E-state index in [9.17, 15) is 10.1 Å². The molecule has 1 N–H and O–H groups in total. The van der Waals surface area contributed by atoms with Crippen molar-refractivity contribution in [3.63, 3.8) is 0 Å². The second-order valence-electron chi connectivity index (χ2n) is 3.61. The van der Waals surface area contributed by atoms with Gasteiger partial charge < -0.3 is 5.32 Å². The monoisotopic (exact) mass is 193 g/mol. The van der Waals surface area contributed by atoms with Gasteiger partial charge in [-0.25, -0.2) is 0 Å². The van der Waals surface area contributed by atoms with Gasteiger partial charge in [0.05, 0.1) is 4.92 Å². The number of anilines is 1. The number of nitrogens with one attached hydrogen (secondary N) is 1. The molecule has 74 valence electrons. The maximum Gasteiger partial charge on any atom is 0.310 e. The molecular formula is C9H11N3O2. The molecule has 0 spiro atoms. The summed E-state index contributed by atoms with van der Waals surface area (Å²) in [5.41, 5.74) is 0.617. The van der Waals surface area contributed by atoms with Crippen LogP contribution in [0.25, 0.3) is 0 Å². The number of hydrogen-bond acceptors (Lipinski definition) is 4. The molecule has 1 aliphatic rings. The predicted molar refractivity (Wildman–Crippen MR) is 52.1 cm³/mol. The minimum absolute atomic E-state index is 0.0478. The van der Waals surface area contributed by atoms with Crippen LogP contribution in [0.2, 0.25) is 0 Å². The third-order valence-electron chi connectivity index (χ3n) is 2.45. The molecule has 1 aromatic heterocycles. The zero-order valence-corrected chi connectivity index (χ0v) is 7.80. The van der Waals surface area contributed by atoms with Crippen LogP contribution >= 0.6 is 0 Å². The van der Waals surface area contributed by atoms with Crippen molar-refractivity contribution >= 4 is 11.4 Å². The van der Waals surface area contributed by atoms with Crippen LogP contribution in [0.15, 0.2) is 18.5 Å². The van der Waals surface area contributed by atoms with E-state index in [1.54, 1.807) is 12.3 Å². The van der Waals surface area contributed by atoms with Crippen molar-refractivity contribution in [3.05, 3.63) is 28.6 Å². The molecule has 5 heteroatoms. The number of nitrogens with zero attached hydrogens (tertiary/aromatic N) is 2. The second-order valence-corrected chi connectivity index (χ2v) is 3.61. The van der Waals surface area contributed by atoms with E-state index < -0.39 is 4.92 Å². The maximum absolute atomic E-state index is 10.6. The van der Waals surface area contributed by atoms with Gasteiger partial charge in [-0.2, -0.15) is 0 Å². The first-order chi connectivity index (χ1) is 6.68. The predicted octanol–water partition coefficient (Wildman–Crippen LogP) is 1.81. The lowest BCUT2D eigenvalue weighted by Gasteiger charge is -2.04. The Morgan fingerprint density at radius 1 is 1.71 bits per heavy atom. The van der Waals surface area contributed by atoms with Crippen LogP contribution < -0.4 is 5.32 Å². The fourth-order valence-corrected chi connectivity index (χ4v) is 1.38. The summed E-state index contributed by atoms with van der Waals surface area (Å²) < 4.78 is 0. The van der Waals surface area contributed by atoms with Crippen molar-refractivity contribution in [1.82, 2.24) is 4.98 Å². The molecule has 0 bridgehead atoms. The van der Waals surface area contributed by atoms with E-state index in [4.69, 9.17) is 0 Å². The van der Waals surface area contributed by atoms with Gasteiger partial charge in [0.2, 0.25) is 0 Å². The van der Waals surface area contributed by atoms with Gasteiger partial charge in [0.15, 0.2) is 0 Å². The molecular weight excluding hydrogens is 182 g/mol. The summed E-state index contributed by atoms with van der Waals surface area (Å²) in [6.07, 6.45) is 3.91. The molecule has 0 amide bonds. The Morgan fingerprint density at radius 2 is 2.43 bits per heavy atom. The summed E-state index contributed by atoms with van der Waals surface area (Å²) >= 11 is 0. The van der Waals surface area contributed by atoms with Crippen LogP contribution in [-0.2, 0) is 0 Å². The van der Waals surface area contributed by atoms with Crippen LogP contribution in [0.4, 0.5) is 11.4 Å². The van der Waals surface area contributed by atoms with E-state index in [1.807, 2.05) is 0 Å². The lowest BCUT2D eigenvalue weighted by atomic mass is 10.3. The number of aromatic nitrogens is 1. The van der Waals surface area contributed by atoms with Crippen molar-refractivity contribution in [2.24, 2.45) is 5.92 Å². The van der Waals surface area contributed by atoms with Crippen LogP contribution in [-0.4, -0.2) is 15.9 Å². The Labute approximate surface area is 81.3 Å². The molecule has 2 unspecified atom stereocenters. The molecule has 1 saturated carbocycles. The minimum atomic E-state index is -0.414. The summed E-state index contributed by atoms with van der Waals surface area (Å²) in [4.78, 5) is 13.9. The van der Waals surface area contributed by atoms with Crippen LogP contribution in [0.1, 0.15) is 13.3 Å². The summed E-state index contributed by atoms with van der Waals surface area (Å²) in [7, 11) is 0. The fourth-order valence-electron chi connectivity index (χ4n) is 1.38. The molecule has 0 saturated heterocycles. The van der Waals surface area contributed by atoms with Gasteiger partial charge in [-0.1, -0.05) is 6.92 Å². The number of rotatable bonds is 3. The highest BCUT2D eigenvalue weighted by molar-refractivity contribution is 5.60. The van der Waals surface area contributed by atoms with Crippen LogP contribution in [0, 0.1) is 16.0 Å². The van der Waals surface area contributed by atoms with E-state index >= 15 is 0 Å². The zero-order valence-electron chi connectivity index (χ0n) is 7.80. The lowest BCUT2D eigenvalue weighted by Crippen LogP contribution is -2.06. The summed E-state index contributed by atoms with van der Waals surface area (Å²) in [6, 6.07) is 2.03. The first-order valence-corrected chi connectivity index (χ1v) is 4.53. The summed E-state index contributed by atoms with van der Waals surface area (Å²) in [5.74, 6) is 0.614. The van der Waals surface area contributed by atoms with E-state index in [0.29, 0.717) is 17.6 Å². The Hall–Kier alpha value is -1.65. The second kappa shape index (κ2) is 3.25. The van der Waals surface area contributed by atoms with Crippen LogP contribution in [0.3, 0.4) is 0 Å². The van der Waals surface area contributed by atoms with Crippen molar-refractivity contribution in [2.75, 3.05) is 5.32 Å². The van der Waals surface area contributed by atoms with Gasteiger partial charge >= 0.3 is 5.69 Å². The molecule has 1 aliphatic carbocycles. The minimum Gasteiger partial charge on any atom is -0.376 e. The molecule has 0 aromatic carbocycles. The summed E-state index contributed by atoms with van der Waals surface area (Å²) in [6.45, 7) is 2.12. The zero-order chi connectivity index (χ0) is 10.1. The largest absolute Gasteiger partial charge is 0.376 e. The number of pyridine rings is 1. The van der Waals surface area contributed by atoms with Crippen molar-refractivity contribution in [1.29, 1.82) is 0 Å². The average molecular weight is 193 g/mol. The third kappa shape index (κ3) is 1.66. The van der Waals surface area contributed by atoms with E-state index in [2.05, 4.69) is 17.2 Å². The molecule has 2 atom stereocenters. The fraction of sp³-hybridized carbons (Fsp3) is 0.444. The molecule has 0 radical (unpaired) electrons. The smallest absolute Gasteiger partial charge is 0.310 e. The average Bonchev–Trinajstić information content (AvgIpc) is 2.82. The van der Waals surface area contributed by atoms with Crippen molar-refractivity contribution < 1.29 is 4.92 Å². The van der Waals surface area contributed by atoms with Gasteiger partial charge in [-0.15, -0.1) is 0 Å². The molecule has 1 aromatic rings. The quantitative estimate of drug-likeness (QED) is 0.587. The SMILES string of the molecule is CC1CC1Nc1ccncc1[N+](=O)[O-]. The van der Waals surface area contributed by atoms with Crippen molar-refractivity contribution in [3.8, 4) is 0 Å². The molecule has 0 aliphatic heterocycles. The van der Waals surface area contributed by atoms with Gasteiger partial charge in [0.1, 0.15) is 11.9 Å². The van der Waals surface area contributed by atoms with Crippen LogP contribution in [0.5, 0.6) is 0 Å². The van der Waals surface area contributed by atoms with E-state index in [1.165, 1.54) is 6.20 Å². The molecule has 1 heterocycles. The highest BCUT2D eigenvalue weighted by atomic mass is 16.6. The molecule has 1 fully saturated rings. The first kappa shape index (κ1) is 8.93. The first-order valence-electron chi connectivity index (χ1n) is 4.53. The maximum atomic E-state index is 10.6. The van der Waals surface area contributed by atoms with Gasteiger partial charge in [0, 0.05) is 12.2 Å². The normalized spacial score (nSPS) is 24.4. The van der Waals surface area contributed by atoms with E-state index in [0.717, 1.165) is 6.42 Å². The van der Waals surface area contributed by atoms with E-state index in [-0.39, 0.29) is 5.69 Å².